The number of rotatable bonds is 7. The summed E-state index contributed by atoms with van der Waals surface area (Å²) in [6.45, 7) is 3.91. The first-order valence-electron chi connectivity index (χ1n) is 12.3. The van der Waals surface area contributed by atoms with Crippen LogP contribution in [-0.2, 0) is 11.3 Å². The minimum Gasteiger partial charge on any atom is -0.492 e. The minimum absolute atomic E-state index is 0.0843. The van der Waals surface area contributed by atoms with Crippen molar-refractivity contribution in [3.63, 3.8) is 0 Å². The lowest BCUT2D eigenvalue weighted by Gasteiger charge is -2.32. The molecule has 0 saturated carbocycles. The van der Waals surface area contributed by atoms with Gasteiger partial charge in [-0.05, 0) is 49.6 Å². The molecule has 1 saturated heterocycles. The summed E-state index contributed by atoms with van der Waals surface area (Å²) in [5.41, 5.74) is 2.66. The number of fused-ring (bicyclic) bond motifs is 1. The first-order chi connectivity index (χ1) is 17.6. The Morgan fingerprint density at radius 1 is 1.08 bits per heavy atom. The van der Waals surface area contributed by atoms with E-state index in [1.807, 2.05) is 78.6 Å². The highest BCUT2D eigenvalue weighted by atomic mass is 16.5. The highest BCUT2D eigenvalue weighted by Gasteiger charge is 2.29. The molecule has 8 nitrogen and oxygen atoms in total. The molecule has 1 aliphatic heterocycles. The molecule has 2 aromatic heterocycles. The fourth-order valence-corrected chi connectivity index (χ4v) is 4.65. The Kier molecular flexibility index (Phi) is 6.93. The molecule has 0 unspecified atom stereocenters. The Morgan fingerprint density at radius 3 is 2.72 bits per heavy atom. The third-order valence-electron chi connectivity index (χ3n) is 6.40. The fraction of sp³-hybridized carbons (Fsp3) is 0.286. The maximum absolute atomic E-state index is 13.7. The molecule has 0 bridgehead atoms. The molecule has 2 aromatic carbocycles. The highest BCUT2D eigenvalue weighted by Crippen LogP contribution is 2.27. The Labute approximate surface area is 209 Å². The molecule has 1 N–H and O–H groups in total. The predicted octanol–water partition coefficient (Wildman–Crippen LogP) is 4.09. The quantitative estimate of drug-likeness (QED) is 0.426. The molecule has 0 radical (unpaired) electrons. The number of para-hydroxylation sites is 2. The van der Waals surface area contributed by atoms with Crippen molar-refractivity contribution in [1.82, 2.24) is 14.5 Å². The number of hydrogen-bond acceptors (Lipinski definition) is 6. The first kappa shape index (κ1) is 23.5. The Balaban J connectivity index is 1.42. The third-order valence-corrected chi connectivity index (χ3v) is 6.40. The molecule has 5 rings (SSSR count). The maximum atomic E-state index is 13.7. The van der Waals surface area contributed by atoms with Gasteiger partial charge >= 0.3 is 0 Å². The van der Waals surface area contributed by atoms with E-state index in [0.717, 1.165) is 18.4 Å². The van der Waals surface area contributed by atoms with E-state index >= 15 is 0 Å². The van der Waals surface area contributed by atoms with E-state index < -0.39 is 0 Å². The number of piperidine rings is 1. The summed E-state index contributed by atoms with van der Waals surface area (Å²) in [7, 11) is 0. The molecular formula is C28H29N5O3. The standard InChI is InChI=1S/C28H29N5O3/c1-2-36-24-15-7-6-13-22(24)31-27(34)21-12-9-17-32(19-21)26-28(35)33(18-20-10-4-3-5-11-20)25-23(30-26)14-8-16-29-25/h3-8,10-11,13-16,21H,2,9,12,17-19H2,1H3,(H,31,34)/t21-/m0/s1. The van der Waals surface area contributed by atoms with Crippen LogP contribution in [-0.4, -0.2) is 40.1 Å². The van der Waals surface area contributed by atoms with Crippen LogP contribution in [0.15, 0.2) is 77.7 Å². The number of benzene rings is 2. The number of pyridine rings is 1. The number of carbonyl (C=O) groups is 1. The average molecular weight is 484 g/mol. The number of nitrogens with zero attached hydrogens (tertiary/aromatic N) is 4. The van der Waals surface area contributed by atoms with Gasteiger partial charge in [-0.3, -0.25) is 14.2 Å². The Hall–Kier alpha value is -4.20. The lowest BCUT2D eigenvalue weighted by Crippen LogP contribution is -2.44. The fourth-order valence-electron chi connectivity index (χ4n) is 4.65. The van der Waals surface area contributed by atoms with Crippen molar-refractivity contribution in [2.45, 2.75) is 26.3 Å². The van der Waals surface area contributed by atoms with Gasteiger partial charge in [0.15, 0.2) is 11.5 Å². The van der Waals surface area contributed by atoms with Crippen LogP contribution in [0.2, 0.25) is 0 Å². The monoisotopic (exact) mass is 483 g/mol. The van der Waals surface area contributed by atoms with Gasteiger partial charge in [-0.1, -0.05) is 42.5 Å². The van der Waals surface area contributed by atoms with Gasteiger partial charge in [0.2, 0.25) is 5.91 Å². The van der Waals surface area contributed by atoms with Gasteiger partial charge in [-0.15, -0.1) is 0 Å². The molecule has 1 amide bonds. The molecule has 0 spiro atoms. The number of hydrogen-bond donors (Lipinski definition) is 1. The van der Waals surface area contributed by atoms with Crippen LogP contribution in [0.25, 0.3) is 11.2 Å². The second-order valence-electron chi connectivity index (χ2n) is 8.86. The first-order valence-corrected chi connectivity index (χ1v) is 12.3. The summed E-state index contributed by atoms with van der Waals surface area (Å²) in [6, 6.07) is 20.9. The largest absolute Gasteiger partial charge is 0.492 e. The van der Waals surface area contributed by atoms with E-state index in [0.29, 0.717) is 54.7 Å². The van der Waals surface area contributed by atoms with Crippen LogP contribution >= 0.6 is 0 Å². The van der Waals surface area contributed by atoms with E-state index in [4.69, 9.17) is 9.72 Å². The molecule has 3 heterocycles. The van der Waals surface area contributed by atoms with Crippen LogP contribution in [0.4, 0.5) is 11.5 Å². The summed E-state index contributed by atoms with van der Waals surface area (Å²) < 4.78 is 7.32. The topological polar surface area (TPSA) is 89.3 Å². The van der Waals surface area contributed by atoms with E-state index in [1.165, 1.54) is 0 Å². The zero-order valence-corrected chi connectivity index (χ0v) is 20.3. The SMILES string of the molecule is CCOc1ccccc1NC(=O)[C@H]1CCCN(c2nc3cccnc3n(Cc3ccccc3)c2=O)C1. The molecule has 1 fully saturated rings. The van der Waals surface area contributed by atoms with Crippen molar-refractivity contribution in [2.24, 2.45) is 5.92 Å². The Morgan fingerprint density at radius 2 is 1.89 bits per heavy atom. The van der Waals surface area contributed by atoms with Gasteiger partial charge in [0.25, 0.3) is 5.56 Å². The second-order valence-corrected chi connectivity index (χ2v) is 8.86. The zero-order chi connectivity index (χ0) is 24.9. The number of anilines is 2. The number of amides is 1. The van der Waals surface area contributed by atoms with Gasteiger partial charge in [0, 0.05) is 19.3 Å². The average Bonchev–Trinajstić information content (AvgIpc) is 2.92. The normalized spacial score (nSPS) is 15.6. The van der Waals surface area contributed by atoms with Gasteiger partial charge < -0.3 is 15.0 Å². The molecule has 184 valence electrons. The molecule has 36 heavy (non-hydrogen) atoms. The minimum atomic E-state index is -0.276. The summed E-state index contributed by atoms with van der Waals surface area (Å²) in [5.74, 6) is 0.646. The summed E-state index contributed by atoms with van der Waals surface area (Å²) in [4.78, 5) is 38.0. The smallest absolute Gasteiger partial charge is 0.295 e. The number of aromatic nitrogens is 3. The van der Waals surface area contributed by atoms with Crippen molar-refractivity contribution in [3.05, 3.63) is 88.8 Å². The summed E-state index contributed by atoms with van der Waals surface area (Å²) >= 11 is 0. The van der Waals surface area contributed by atoms with E-state index in [1.54, 1.807) is 10.8 Å². The predicted molar refractivity (Wildman–Crippen MR) is 141 cm³/mol. The number of carbonyl (C=O) groups excluding carboxylic acids is 1. The van der Waals surface area contributed by atoms with Crippen molar-refractivity contribution < 1.29 is 9.53 Å². The zero-order valence-electron chi connectivity index (χ0n) is 20.3. The van der Waals surface area contributed by atoms with Crippen LogP contribution < -0.4 is 20.5 Å². The van der Waals surface area contributed by atoms with E-state index in [-0.39, 0.29) is 17.4 Å². The summed E-state index contributed by atoms with van der Waals surface area (Å²) in [6.07, 6.45) is 3.20. The van der Waals surface area contributed by atoms with Crippen LogP contribution in [0.3, 0.4) is 0 Å². The van der Waals surface area contributed by atoms with Crippen molar-refractivity contribution in [2.75, 3.05) is 29.9 Å². The molecular weight excluding hydrogens is 454 g/mol. The van der Waals surface area contributed by atoms with Crippen molar-refractivity contribution in [1.29, 1.82) is 0 Å². The number of ether oxygens (including phenoxy) is 1. The van der Waals surface area contributed by atoms with Crippen LogP contribution in [0.5, 0.6) is 5.75 Å². The Bertz CT molecular complexity index is 1420. The van der Waals surface area contributed by atoms with Gasteiger partial charge in [0.05, 0.1) is 24.8 Å². The highest BCUT2D eigenvalue weighted by molar-refractivity contribution is 5.94. The van der Waals surface area contributed by atoms with E-state index in [2.05, 4.69) is 10.3 Å². The van der Waals surface area contributed by atoms with Crippen molar-refractivity contribution >= 4 is 28.6 Å². The van der Waals surface area contributed by atoms with Crippen LogP contribution in [0, 0.1) is 5.92 Å². The lowest BCUT2D eigenvalue weighted by atomic mass is 9.97. The molecule has 1 atom stereocenters. The molecule has 0 aliphatic carbocycles. The molecule has 8 heteroatoms. The van der Waals surface area contributed by atoms with Gasteiger partial charge in [-0.2, -0.15) is 0 Å². The maximum Gasteiger partial charge on any atom is 0.295 e. The van der Waals surface area contributed by atoms with Gasteiger partial charge in [0.1, 0.15) is 11.3 Å². The van der Waals surface area contributed by atoms with Gasteiger partial charge in [-0.25, -0.2) is 9.97 Å². The van der Waals surface area contributed by atoms with Crippen LogP contribution in [0.1, 0.15) is 25.3 Å². The number of nitrogens with one attached hydrogen (secondary N) is 1. The second kappa shape index (κ2) is 10.6. The van der Waals surface area contributed by atoms with Crippen molar-refractivity contribution in [3.8, 4) is 5.75 Å². The molecule has 1 aliphatic rings. The molecule has 4 aromatic rings. The lowest BCUT2D eigenvalue weighted by molar-refractivity contribution is -0.120. The van der Waals surface area contributed by atoms with E-state index in [9.17, 15) is 9.59 Å². The third kappa shape index (κ3) is 4.93. The summed E-state index contributed by atoms with van der Waals surface area (Å²) in [5, 5.41) is 3.02.